The molecule has 0 aliphatic carbocycles. The first-order valence-corrected chi connectivity index (χ1v) is 6.47. The van der Waals surface area contributed by atoms with Gasteiger partial charge >= 0.3 is 0 Å². The zero-order chi connectivity index (χ0) is 13.1. The number of rotatable bonds is 3. The van der Waals surface area contributed by atoms with Crippen molar-refractivity contribution in [2.75, 3.05) is 7.11 Å². The molecule has 0 heterocycles. The standard InChI is InChI=1S/C15H14Cl2O/c1-10-3-6-12(16)9-14(10)15(17)11-4-7-13(18-2)8-5-11/h3-9,15H,1-2H3. The second-order valence-corrected chi connectivity index (χ2v) is 5.01. The fourth-order valence-corrected chi connectivity index (χ4v) is 2.40. The van der Waals surface area contributed by atoms with E-state index in [9.17, 15) is 0 Å². The van der Waals surface area contributed by atoms with Gasteiger partial charge in [-0.15, -0.1) is 11.6 Å². The van der Waals surface area contributed by atoms with E-state index < -0.39 is 0 Å². The molecule has 0 aromatic heterocycles. The molecule has 0 N–H and O–H groups in total. The predicted octanol–water partition coefficient (Wildman–Crippen LogP) is 4.99. The van der Waals surface area contributed by atoms with Crippen LogP contribution in [0.5, 0.6) is 5.75 Å². The summed E-state index contributed by atoms with van der Waals surface area (Å²) < 4.78 is 5.13. The van der Waals surface area contributed by atoms with Gasteiger partial charge in [0.2, 0.25) is 0 Å². The van der Waals surface area contributed by atoms with E-state index in [1.54, 1.807) is 7.11 Å². The number of alkyl halides is 1. The monoisotopic (exact) mass is 280 g/mol. The van der Waals surface area contributed by atoms with Crippen molar-refractivity contribution in [3.8, 4) is 5.75 Å². The molecule has 0 radical (unpaired) electrons. The highest BCUT2D eigenvalue weighted by Gasteiger charge is 2.13. The van der Waals surface area contributed by atoms with Crippen LogP contribution in [0.15, 0.2) is 42.5 Å². The molecule has 94 valence electrons. The fraction of sp³-hybridized carbons (Fsp3) is 0.200. The average molecular weight is 281 g/mol. The molecule has 0 fully saturated rings. The van der Waals surface area contributed by atoms with Crippen LogP contribution in [0.2, 0.25) is 5.02 Å². The van der Waals surface area contributed by atoms with Gasteiger partial charge in [0.1, 0.15) is 5.75 Å². The normalized spacial score (nSPS) is 12.2. The molecule has 18 heavy (non-hydrogen) atoms. The SMILES string of the molecule is COc1ccc(C(Cl)c2cc(Cl)ccc2C)cc1. The molecule has 0 bridgehead atoms. The van der Waals surface area contributed by atoms with Gasteiger partial charge in [-0.25, -0.2) is 0 Å². The van der Waals surface area contributed by atoms with Gasteiger partial charge in [-0.1, -0.05) is 29.8 Å². The molecule has 2 aromatic rings. The number of ether oxygens (including phenoxy) is 1. The number of benzene rings is 2. The Kier molecular flexibility index (Phi) is 4.15. The third-order valence-electron chi connectivity index (χ3n) is 2.92. The Hall–Kier alpha value is -1.18. The second kappa shape index (κ2) is 5.64. The first kappa shape index (κ1) is 13.3. The molecule has 0 aliphatic rings. The van der Waals surface area contributed by atoms with E-state index in [-0.39, 0.29) is 5.38 Å². The van der Waals surface area contributed by atoms with Crippen LogP contribution in [-0.4, -0.2) is 7.11 Å². The molecule has 0 saturated heterocycles. The maximum atomic E-state index is 6.50. The molecule has 2 rings (SSSR count). The Morgan fingerprint density at radius 2 is 1.72 bits per heavy atom. The van der Waals surface area contributed by atoms with Gasteiger partial charge in [0, 0.05) is 5.02 Å². The van der Waals surface area contributed by atoms with E-state index in [1.165, 1.54) is 0 Å². The van der Waals surface area contributed by atoms with Gasteiger partial charge in [-0.05, 0) is 47.9 Å². The van der Waals surface area contributed by atoms with Crippen molar-refractivity contribution in [2.45, 2.75) is 12.3 Å². The van der Waals surface area contributed by atoms with Gasteiger partial charge in [0.05, 0.1) is 12.5 Å². The Balaban J connectivity index is 2.34. The highest BCUT2D eigenvalue weighted by atomic mass is 35.5. The van der Waals surface area contributed by atoms with Gasteiger partial charge in [0.15, 0.2) is 0 Å². The van der Waals surface area contributed by atoms with Crippen LogP contribution in [0.3, 0.4) is 0 Å². The highest BCUT2D eigenvalue weighted by molar-refractivity contribution is 6.31. The molecule has 2 aromatic carbocycles. The summed E-state index contributed by atoms with van der Waals surface area (Å²) in [7, 11) is 1.65. The summed E-state index contributed by atoms with van der Waals surface area (Å²) in [5, 5.41) is 0.504. The van der Waals surface area contributed by atoms with Crippen molar-refractivity contribution in [1.82, 2.24) is 0 Å². The van der Waals surface area contributed by atoms with Crippen LogP contribution in [0, 0.1) is 6.92 Å². The van der Waals surface area contributed by atoms with Crippen molar-refractivity contribution in [3.63, 3.8) is 0 Å². The molecular formula is C15H14Cl2O. The molecule has 0 spiro atoms. The molecule has 1 atom stereocenters. The van der Waals surface area contributed by atoms with Crippen molar-refractivity contribution >= 4 is 23.2 Å². The maximum absolute atomic E-state index is 6.50. The van der Waals surface area contributed by atoms with Crippen LogP contribution in [-0.2, 0) is 0 Å². The Labute approximate surface area is 117 Å². The van der Waals surface area contributed by atoms with E-state index in [0.29, 0.717) is 5.02 Å². The summed E-state index contributed by atoms with van der Waals surface area (Å²) in [6.45, 7) is 2.03. The Morgan fingerprint density at radius 1 is 1.06 bits per heavy atom. The first-order valence-electron chi connectivity index (χ1n) is 5.66. The lowest BCUT2D eigenvalue weighted by Gasteiger charge is -2.14. The van der Waals surface area contributed by atoms with Gasteiger partial charge in [-0.3, -0.25) is 0 Å². The van der Waals surface area contributed by atoms with Crippen LogP contribution < -0.4 is 4.74 Å². The minimum Gasteiger partial charge on any atom is -0.497 e. The zero-order valence-corrected chi connectivity index (χ0v) is 11.8. The summed E-state index contributed by atoms with van der Waals surface area (Å²) >= 11 is 12.5. The number of aryl methyl sites for hydroxylation is 1. The molecule has 1 nitrogen and oxygen atoms in total. The van der Waals surface area contributed by atoms with Crippen LogP contribution in [0.4, 0.5) is 0 Å². The lowest BCUT2D eigenvalue weighted by molar-refractivity contribution is 0.414. The topological polar surface area (TPSA) is 9.23 Å². The molecule has 1 unspecified atom stereocenters. The number of methoxy groups -OCH3 is 1. The average Bonchev–Trinajstić information content (AvgIpc) is 2.41. The van der Waals surface area contributed by atoms with Gasteiger partial charge < -0.3 is 4.74 Å². The lowest BCUT2D eigenvalue weighted by atomic mass is 10.00. The minimum atomic E-state index is -0.199. The minimum absolute atomic E-state index is 0.199. The van der Waals surface area contributed by atoms with E-state index in [0.717, 1.165) is 22.4 Å². The summed E-state index contributed by atoms with van der Waals surface area (Å²) in [5.74, 6) is 0.824. The van der Waals surface area contributed by atoms with Crippen molar-refractivity contribution in [1.29, 1.82) is 0 Å². The third-order valence-corrected chi connectivity index (χ3v) is 3.64. The third kappa shape index (κ3) is 2.80. The van der Waals surface area contributed by atoms with E-state index in [4.69, 9.17) is 27.9 Å². The van der Waals surface area contributed by atoms with E-state index in [1.807, 2.05) is 49.4 Å². The number of hydrogen-bond donors (Lipinski definition) is 0. The summed E-state index contributed by atoms with van der Waals surface area (Å²) in [6, 6.07) is 13.5. The molecule has 3 heteroatoms. The van der Waals surface area contributed by atoms with Gasteiger partial charge in [0.25, 0.3) is 0 Å². The Morgan fingerprint density at radius 3 is 2.33 bits per heavy atom. The second-order valence-electron chi connectivity index (χ2n) is 4.14. The highest BCUT2D eigenvalue weighted by Crippen LogP contribution is 2.33. The van der Waals surface area contributed by atoms with Crippen molar-refractivity contribution in [3.05, 3.63) is 64.2 Å². The van der Waals surface area contributed by atoms with Crippen LogP contribution in [0.1, 0.15) is 22.1 Å². The Bertz CT molecular complexity index is 535. The molecule has 0 saturated carbocycles. The number of hydrogen-bond acceptors (Lipinski definition) is 1. The maximum Gasteiger partial charge on any atom is 0.118 e. The molecule has 0 aliphatic heterocycles. The van der Waals surface area contributed by atoms with E-state index >= 15 is 0 Å². The number of halogens is 2. The van der Waals surface area contributed by atoms with Crippen LogP contribution >= 0.6 is 23.2 Å². The fourth-order valence-electron chi connectivity index (χ4n) is 1.84. The molecule has 0 amide bonds. The summed E-state index contributed by atoms with van der Waals surface area (Å²) in [5.41, 5.74) is 3.20. The first-order chi connectivity index (χ1) is 8.61. The van der Waals surface area contributed by atoms with Gasteiger partial charge in [-0.2, -0.15) is 0 Å². The summed E-state index contributed by atoms with van der Waals surface area (Å²) in [4.78, 5) is 0. The lowest BCUT2D eigenvalue weighted by Crippen LogP contribution is -1.96. The zero-order valence-electron chi connectivity index (χ0n) is 10.3. The predicted molar refractivity (Wildman–Crippen MR) is 76.9 cm³/mol. The largest absolute Gasteiger partial charge is 0.497 e. The van der Waals surface area contributed by atoms with Crippen LogP contribution in [0.25, 0.3) is 0 Å². The van der Waals surface area contributed by atoms with Crippen molar-refractivity contribution < 1.29 is 4.74 Å². The smallest absolute Gasteiger partial charge is 0.118 e. The summed E-state index contributed by atoms with van der Waals surface area (Å²) in [6.07, 6.45) is 0. The quantitative estimate of drug-likeness (QED) is 0.720. The van der Waals surface area contributed by atoms with Crippen molar-refractivity contribution in [2.24, 2.45) is 0 Å². The molecular weight excluding hydrogens is 267 g/mol. The van der Waals surface area contributed by atoms with E-state index in [2.05, 4.69) is 0 Å².